The lowest BCUT2D eigenvalue weighted by Gasteiger charge is -2.06. The van der Waals surface area contributed by atoms with Gasteiger partial charge in [-0.3, -0.25) is 0 Å². The minimum Gasteiger partial charge on any atom is -0.459 e. The fourth-order valence-electron chi connectivity index (χ4n) is 1.74. The van der Waals surface area contributed by atoms with Gasteiger partial charge in [-0.05, 0) is 23.8 Å². The van der Waals surface area contributed by atoms with Crippen LogP contribution >= 0.6 is 0 Å². The number of hydrogen-bond donors (Lipinski definition) is 1. The van der Waals surface area contributed by atoms with Crippen LogP contribution in [0.15, 0.2) is 30.5 Å². The summed E-state index contributed by atoms with van der Waals surface area (Å²) in [5.41, 5.74) is 7.22. The molecule has 0 unspecified atom stereocenters. The minimum atomic E-state index is 0.265. The lowest BCUT2D eigenvalue weighted by Crippen LogP contribution is -2.04. The highest BCUT2D eigenvalue weighted by Crippen LogP contribution is 2.32. The van der Waals surface area contributed by atoms with Crippen LogP contribution < -0.4 is 19.9 Å². The normalized spacial score (nSPS) is 12.5. The number of benzene rings is 1. The van der Waals surface area contributed by atoms with Gasteiger partial charge >= 0.3 is 6.01 Å². The third-order valence-corrected chi connectivity index (χ3v) is 2.71. The summed E-state index contributed by atoms with van der Waals surface area (Å²) < 4.78 is 16.1. The van der Waals surface area contributed by atoms with Crippen molar-refractivity contribution in [2.24, 2.45) is 5.73 Å². The van der Waals surface area contributed by atoms with E-state index in [1.165, 1.54) is 0 Å². The average molecular weight is 259 g/mol. The largest absolute Gasteiger partial charge is 0.459 e. The topological polar surface area (TPSA) is 79.5 Å². The van der Waals surface area contributed by atoms with Crippen molar-refractivity contribution in [2.75, 3.05) is 6.79 Å². The molecule has 0 aliphatic carbocycles. The predicted molar refractivity (Wildman–Crippen MR) is 66.8 cm³/mol. The quantitative estimate of drug-likeness (QED) is 0.890. The Labute approximate surface area is 110 Å². The molecule has 2 aromatic rings. The van der Waals surface area contributed by atoms with Crippen LogP contribution in [0.2, 0.25) is 0 Å². The van der Waals surface area contributed by atoms with Crippen molar-refractivity contribution in [3.63, 3.8) is 0 Å². The molecule has 0 atom stereocenters. The molecule has 2 N–H and O–H groups in total. The zero-order chi connectivity index (χ0) is 13.1. The molecular weight excluding hydrogens is 246 g/mol. The highest BCUT2D eigenvalue weighted by molar-refractivity contribution is 5.44. The van der Waals surface area contributed by atoms with Crippen molar-refractivity contribution in [3.8, 4) is 17.5 Å². The molecule has 0 saturated carbocycles. The Hall–Kier alpha value is -2.34. The third kappa shape index (κ3) is 2.58. The van der Waals surface area contributed by atoms with Gasteiger partial charge in [-0.2, -0.15) is 4.98 Å². The van der Waals surface area contributed by atoms with Gasteiger partial charge in [-0.15, -0.1) is 0 Å². The van der Waals surface area contributed by atoms with Crippen molar-refractivity contribution in [3.05, 3.63) is 41.7 Å². The second kappa shape index (κ2) is 5.11. The number of rotatable bonds is 4. The van der Waals surface area contributed by atoms with Gasteiger partial charge in [0.1, 0.15) is 6.61 Å². The molecule has 2 heterocycles. The van der Waals surface area contributed by atoms with E-state index in [9.17, 15) is 0 Å². The molecule has 98 valence electrons. The van der Waals surface area contributed by atoms with Gasteiger partial charge in [0.25, 0.3) is 0 Å². The van der Waals surface area contributed by atoms with E-state index in [-0.39, 0.29) is 6.79 Å². The molecule has 6 nitrogen and oxygen atoms in total. The molecule has 0 spiro atoms. The van der Waals surface area contributed by atoms with Gasteiger partial charge in [0, 0.05) is 12.7 Å². The number of ether oxygens (including phenoxy) is 3. The molecule has 0 radical (unpaired) electrons. The van der Waals surface area contributed by atoms with E-state index in [1.807, 2.05) is 18.2 Å². The van der Waals surface area contributed by atoms with Crippen molar-refractivity contribution >= 4 is 0 Å². The van der Waals surface area contributed by atoms with E-state index < -0.39 is 0 Å². The van der Waals surface area contributed by atoms with Gasteiger partial charge in [-0.25, -0.2) is 4.98 Å². The summed E-state index contributed by atoms with van der Waals surface area (Å²) in [6, 6.07) is 7.74. The first-order valence-electron chi connectivity index (χ1n) is 5.88. The first-order chi connectivity index (χ1) is 9.35. The van der Waals surface area contributed by atoms with Crippen LogP contribution in [0.25, 0.3) is 0 Å². The zero-order valence-electron chi connectivity index (χ0n) is 10.2. The molecule has 1 aromatic heterocycles. The van der Waals surface area contributed by atoms with E-state index in [0.29, 0.717) is 19.2 Å². The van der Waals surface area contributed by atoms with Crippen LogP contribution in [0.4, 0.5) is 0 Å². The van der Waals surface area contributed by atoms with Crippen LogP contribution in [-0.4, -0.2) is 16.8 Å². The Morgan fingerprint density at radius 3 is 3.00 bits per heavy atom. The number of fused-ring (bicyclic) bond motifs is 1. The van der Waals surface area contributed by atoms with Crippen molar-refractivity contribution in [2.45, 2.75) is 13.2 Å². The minimum absolute atomic E-state index is 0.265. The fraction of sp³-hybridized carbons (Fsp3) is 0.231. The molecule has 19 heavy (non-hydrogen) atoms. The second-order valence-corrected chi connectivity index (χ2v) is 4.01. The summed E-state index contributed by atoms with van der Waals surface area (Å²) in [5.74, 6) is 1.49. The molecule has 0 bridgehead atoms. The van der Waals surface area contributed by atoms with Crippen LogP contribution in [-0.2, 0) is 13.2 Å². The summed E-state index contributed by atoms with van der Waals surface area (Å²) in [4.78, 5) is 8.19. The first kappa shape index (κ1) is 11.7. The highest BCUT2D eigenvalue weighted by Gasteiger charge is 2.13. The van der Waals surface area contributed by atoms with E-state index in [1.54, 1.807) is 12.3 Å². The third-order valence-electron chi connectivity index (χ3n) is 2.71. The molecule has 6 heteroatoms. The van der Waals surface area contributed by atoms with E-state index in [4.69, 9.17) is 19.9 Å². The summed E-state index contributed by atoms with van der Waals surface area (Å²) in [6.07, 6.45) is 1.63. The second-order valence-electron chi connectivity index (χ2n) is 4.01. The van der Waals surface area contributed by atoms with Crippen LogP contribution in [0.3, 0.4) is 0 Å². The van der Waals surface area contributed by atoms with Crippen LogP contribution in [0.5, 0.6) is 17.5 Å². The number of hydrogen-bond acceptors (Lipinski definition) is 6. The van der Waals surface area contributed by atoms with Crippen molar-refractivity contribution in [1.29, 1.82) is 0 Å². The predicted octanol–water partition coefficient (Wildman–Crippen LogP) is 1.24. The average Bonchev–Trinajstić information content (AvgIpc) is 2.93. The Balaban J connectivity index is 1.68. The maximum absolute atomic E-state index is 5.52. The van der Waals surface area contributed by atoms with Gasteiger partial charge in [-0.1, -0.05) is 6.07 Å². The summed E-state index contributed by atoms with van der Waals surface area (Å²) >= 11 is 0. The van der Waals surface area contributed by atoms with Gasteiger partial charge in [0.05, 0.1) is 5.69 Å². The summed E-state index contributed by atoms with van der Waals surface area (Å²) in [6.45, 7) is 0.995. The van der Waals surface area contributed by atoms with Crippen LogP contribution in [0.1, 0.15) is 11.3 Å². The number of aromatic nitrogens is 2. The molecular formula is C13H13N3O3. The highest BCUT2D eigenvalue weighted by atomic mass is 16.7. The van der Waals surface area contributed by atoms with E-state index in [0.717, 1.165) is 22.8 Å². The maximum atomic E-state index is 5.52. The Kier molecular flexibility index (Phi) is 3.16. The van der Waals surface area contributed by atoms with Crippen LogP contribution in [0, 0.1) is 0 Å². The number of nitrogens with zero attached hydrogens (tertiary/aromatic N) is 2. The Morgan fingerprint density at radius 1 is 1.21 bits per heavy atom. The van der Waals surface area contributed by atoms with Gasteiger partial charge in [0.15, 0.2) is 11.5 Å². The molecule has 1 aromatic carbocycles. The monoisotopic (exact) mass is 259 g/mol. The number of nitrogens with two attached hydrogens (primary N) is 1. The van der Waals surface area contributed by atoms with E-state index >= 15 is 0 Å². The van der Waals surface area contributed by atoms with Gasteiger partial charge < -0.3 is 19.9 Å². The summed E-state index contributed by atoms with van der Waals surface area (Å²) in [5, 5.41) is 0. The molecule has 0 fully saturated rings. The smallest absolute Gasteiger partial charge is 0.316 e. The fourth-order valence-corrected chi connectivity index (χ4v) is 1.74. The SMILES string of the molecule is NCc1ccnc(OCc2ccc3c(c2)OCO3)n1. The molecule has 0 saturated heterocycles. The van der Waals surface area contributed by atoms with E-state index in [2.05, 4.69) is 9.97 Å². The lowest BCUT2D eigenvalue weighted by molar-refractivity contribution is 0.174. The molecule has 3 rings (SSSR count). The Morgan fingerprint density at radius 2 is 2.11 bits per heavy atom. The zero-order valence-corrected chi connectivity index (χ0v) is 10.2. The molecule has 1 aliphatic rings. The van der Waals surface area contributed by atoms with Crippen molar-refractivity contribution < 1.29 is 14.2 Å². The van der Waals surface area contributed by atoms with Crippen molar-refractivity contribution in [1.82, 2.24) is 9.97 Å². The maximum Gasteiger partial charge on any atom is 0.316 e. The molecule has 1 aliphatic heterocycles. The standard InChI is InChI=1S/C13H13N3O3/c14-6-10-3-4-15-13(16-10)17-7-9-1-2-11-12(5-9)19-8-18-11/h1-5H,6-8,14H2. The first-order valence-corrected chi connectivity index (χ1v) is 5.88. The van der Waals surface area contributed by atoms with Gasteiger partial charge in [0.2, 0.25) is 6.79 Å². The molecule has 0 amide bonds. The summed E-state index contributed by atoms with van der Waals surface area (Å²) in [7, 11) is 0. The lowest BCUT2D eigenvalue weighted by atomic mass is 10.2. The Bertz CT molecular complexity index is 589.